The fraction of sp³-hybridized carbons (Fsp3) is 0.536. The molecule has 200 valence electrons. The summed E-state index contributed by atoms with van der Waals surface area (Å²) in [5.74, 6) is -0.869. The third-order valence-corrected chi connectivity index (χ3v) is 8.11. The summed E-state index contributed by atoms with van der Waals surface area (Å²) in [6, 6.07) is 1.08. The molecule has 2 bridgehead atoms. The van der Waals surface area contributed by atoms with E-state index in [-0.39, 0.29) is 47.3 Å². The van der Waals surface area contributed by atoms with Gasteiger partial charge in [0.2, 0.25) is 0 Å². The molecule has 8 nitrogen and oxygen atoms in total. The third-order valence-electron chi connectivity index (χ3n) is 8.11. The lowest BCUT2D eigenvalue weighted by molar-refractivity contribution is -0.154. The smallest absolute Gasteiger partial charge is 0.311 e. The topological polar surface area (TPSA) is 94.8 Å². The minimum atomic E-state index is -0.507. The number of esters is 1. The molecule has 0 radical (unpaired) electrons. The van der Waals surface area contributed by atoms with Crippen molar-refractivity contribution in [3.8, 4) is 11.5 Å². The number of carbonyl (C=O) groups excluding carboxylic acids is 1. The van der Waals surface area contributed by atoms with E-state index < -0.39 is 11.6 Å². The summed E-state index contributed by atoms with van der Waals surface area (Å²) in [6.45, 7) is 8.33. The summed E-state index contributed by atoms with van der Waals surface area (Å²) in [7, 11) is 0. The Hall–Kier alpha value is -3.43. The number of aromatic nitrogens is 5. The summed E-state index contributed by atoms with van der Waals surface area (Å²) in [6.07, 6.45) is 6.73. The molecule has 4 aliphatic carbocycles. The van der Waals surface area contributed by atoms with Crippen LogP contribution in [0.4, 0.5) is 14.6 Å². The van der Waals surface area contributed by atoms with Crippen LogP contribution in [-0.2, 0) is 16.1 Å². The molecule has 2 atom stereocenters. The number of hydrogen-bond acceptors (Lipinski definition) is 7. The highest BCUT2D eigenvalue weighted by molar-refractivity contribution is 5.89. The first-order chi connectivity index (χ1) is 18.3. The highest BCUT2D eigenvalue weighted by Crippen LogP contribution is 2.48. The number of halogens is 2. The van der Waals surface area contributed by atoms with Crippen LogP contribution in [0.2, 0.25) is 0 Å². The van der Waals surface area contributed by atoms with Gasteiger partial charge >= 0.3 is 5.97 Å². The molecule has 3 aromatic rings. The first-order valence-corrected chi connectivity index (χ1v) is 13.5. The molecule has 0 saturated heterocycles. The van der Waals surface area contributed by atoms with E-state index in [9.17, 15) is 9.18 Å². The number of anilines is 1. The summed E-state index contributed by atoms with van der Waals surface area (Å²) in [5, 5.41) is 8.45. The highest BCUT2D eigenvalue weighted by atomic mass is 19.1. The normalized spacial score (nSPS) is 24.5. The molecular weight excluding hydrogens is 490 g/mol. The molecular formula is C28H32F2N6O2. The zero-order valence-electron chi connectivity index (χ0n) is 21.7. The van der Waals surface area contributed by atoms with Gasteiger partial charge in [0.1, 0.15) is 11.5 Å². The van der Waals surface area contributed by atoms with Gasteiger partial charge in [-0.25, -0.2) is 28.4 Å². The number of allylic oxidation sites excluding steroid dienone is 1. The molecule has 0 amide bonds. The quantitative estimate of drug-likeness (QED) is 0.313. The average Bonchev–Trinajstić information content (AvgIpc) is 3.68. The van der Waals surface area contributed by atoms with Crippen LogP contribution in [-0.4, -0.2) is 43.4 Å². The summed E-state index contributed by atoms with van der Waals surface area (Å²) >= 11 is 0. The van der Waals surface area contributed by atoms with Crippen LogP contribution < -0.4 is 5.32 Å². The van der Waals surface area contributed by atoms with Gasteiger partial charge in [0, 0.05) is 12.0 Å². The van der Waals surface area contributed by atoms with Crippen LogP contribution >= 0.6 is 0 Å². The Balaban J connectivity index is 1.45. The van der Waals surface area contributed by atoms with E-state index in [4.69, 9.17) is 4.74 Å². The van der Waals surface area contributed by atoms with E-state index >= 15 is 4.39 Å². The van der Waals surface area contributed by atoms with Gasteiger partial charge in [-0.2, -0.15) is 5.10 Å². The fourth-order valence-electron chi connectivity index (χ4n) is 6.25. The molecule has 38 heavy (non-hydrogen) atoms. The summed E-state index contributed by atoms with van der Waals surface area (Å²) in [4.78, 5) is 26.4. The van der Waals surface area contributed by atoms with E-state index in [1.165, 1.54) is 6.07 Å². The van der Waals surface area contributed by atoms with E-state index in [2.05, 4.69) is 31.9 Å². The maximum absolute atomic E-state index is 15.9. The number of hydrogen-bond donors (Lipinski definition) is 1. The number of rotatable bonds is 8. The monoisotopic (exact) mass is 522 g/mol. The first-order valence-electron chi connectivity index (χ1n) is 13.5. The Morgan fingerprint density at radius 1 is 1.16 bits per heavy atom. The molecule has 7 rings (SSSR count). The molecule has 4 saturated carbocycles. The molecule has 3 heterocycles. The maximum atomic E-state index is 15.9. The minimum Gasteiger partial charge on any atom is -0.466 e. The van der Waals surface area contributed by atoms with Crippen LogP contribution in [0.15, 0.2) is 24.4 Å². The summed E-state index contributed by atoms with van der Waals surface area (Å²) in [5.41, 5.74) is 2.00. The zero-order chi connectivity index (χ0) is 26.6. The van der Waals surface area contributed by atoms with Crippen LogP contribution in [0, 0.1) is 29.4 Å². The Bertz CT molecular complexity index is 1410. The van der Waals surface area contributed by atoms with Crippen LogP contribution in [0.1, 0.15) is 64.0 Å². The largest absolute Gasteiger partial charge is 0.466 e. The van der Waals surface area contributed by atoms with Gasteiger partial charge in [-0.3, -0.25) is 4.79 Å². The van der Waals surface area contributed by atoms with Crippen LogP contribution in [0.25, 0.3) is 22.6 Å². The second-order valence-corrected chi connectivity index (χ2v) is 11.0. The standard InChI is InChI=1S/C28H32F2N6O2/c1-4-38-28(37)20-15-5-7-16(8-6-15)22(20)32-25-21(30)23(17-9-10-17)33-26(34-25)24-19-11-18(29)12-31-27(19)36(35-24)13-14(2)3/h11-12,15-17,20,22H,2,4-10,13H2,1,3H3,(H,32,33,34)/t15?,16?,20-,22-/m0/s1. The van der Waals surface area contributed by atoms with Crippen LogP contribution in [0.3, 0.4) is 0 Å². The van der Waals surface area contributed by atoms with Crippen molar-refractivity contribution in [3.63, 3.8) is 0 Å². The lowest BCUT2D eigenvalue weighted by Gasteiger charge is -2.47. The van der Waals surface area contributed by atoms with Gasteiger partial charge in [0.25, 0.3) is 0 Å². The lowest BCUT2D eigenvalue weighted by Crippen LogP contribution is -2.52. The van der Waals surface area contributed by atoms with Crippen molar-refractivity contribution in [2.45, 2.75) is 70.9 Å². The van der Waals surface area contributed by atoms with Crippen molar-refractivity contribution in [2.24, 2.45) is 17.8 Å². The first kappa shape index (κ1) is 24.9. The summed E-state index contributed by atoms with van der Waals surface area (Å²) < 4.78 is 37.2. The lowest BCUT2D eigenvalue weighted by atomic mass is 9.61. The van der Waals surface area contributed by atoms with E-state index in [0.29, 0.717) is 35.6 Å². The van der Waals surface area contributed by atoms with Crippen molar-refractivity contribution >= 4 is 22.8 Å². The van der Waals surface area contributed by atoms with E-state index in [0.717, 1.165) is 50.3 Å². The van der Waals surface area contributed by atoms with Crippen molar-refractivity contribution in [1.82, 2.24) is 24.7 Å². The minimum absolute atomic E-state index is 0.000378. The molecule has 0 aliphatic heterocycles. The van der Waals surface area contributed by atoms with Gasteiger partial charge in [-0.15, -0.1) is 0 Å². The molecule has 0 spiro atoms. The van der Waals surface area contributed by atoms with Crippen LogP contribution in [0.5, 0.6) is 0 Å². The highest BCUT2D eigenvalue weighted by Gasteiger charge is 2.48. The zero-order valence-corrected chi connectivity index (χ0v) is 21.7. The van der Waals surface area contributed by atoms with Crippen molar-refractivity contribution < 1.29 is 18.3 Å². The molecule has 1 N–H and O–H groups in total. The van der Waals surface area contributed by atoms with Gasteiger partial charge in [0.05, 0.1) is 36.3 Å². The average molecular weight is 523 g/mol. The predicted molar refractivity (Wildman–Crippen MR) is 138 cm³/mol. The molecule has 4 fully saturated rings. The second-order valence-electron chi connectivity index (χ2n) is 11.0. The molecule has 0 aromatic carbocycles. The molecule has 10 heteroatoms. The number of pyridine rings is 1. The van der Waals surface area contributed by atoms with Gasteiger partial charge in [-0.1, -0.05) is 12.2 Å². The van der Waals surface area contributed by atoms with Crippen molar-refractivity contribution in [3.05, 3.63) is 41.7 Å². The van der Waals surface area contributed by atoms with Crippen molar-refractivity contribution in [1.29, 1.82) is 0 Å². The maximum Gasteiger partial charge on any atom is 0.311 e. The Morgan fingerprint density at radius 2 is 1.89 bits per heavy atom. The molecule has 4 aliphatic rings. The fourth-order valence-corrected chi connectivity index (χ4v) is 6.25. The number of carbonyl (C=O) groups is 1. The molecule has 3 aromatic heterocycles. The Labute approximate surface area is 219 Å². The Morgan fingerprint density at radius 3 is 2.58 bits per heavy atom. The second kappa shape index (κ2) is 9.71. The van der Waals surface area contributed by atoms with E-state index in [1.807, 2.05) is 6.92 Å². The van der Waals surface area contributed by atoms with Gasteiger partial charge in [0.15, 0.2) is 23.1 Å². The van der Waals surface area contributed by atoms with Crippen molar-refractivity contribution in [2.75, 3.05) is 11.9 Å². The number of nitrogens with zero attached hydrogens (tertiary/aromatic N) is 5. The van der Waals surface area contributed by atoms with Gasteiger partial charge < -0.3 is 10.1 Å². The van der Waals surface area contributed by atoms with Gasteiger partial charge in [-0.05, 0) is 70.3 Å². The number of ether oxygens (including phenoxy) is 1. The number of fused-ring (bicyclic) bond motifs is 4. The SMILES string of the molecule is C=C(C)Cn1nc(-c2nc(N[C@H]3C4CCC(CC4)[C@@H]3C(=O)OCC)c(F)c(C3CC3)n2)c2cc(F)cnc21. The van der Waals surface area contributed by atoms with E-state index in [1.54, 1.807) is 11.6 Å². The number of nitrogens with one attached hydrogen (secondary N) is 1. The predicted octanol–water partition coefficient (Wildman–Crippen LogP) is 5.40. The third kappa shape index (κ3) is 4.43. The Kier molecular flexibility index (Phi) is 6.36. The molecule has 0 unspecified atom stereocenters.